The molecule has 0 radical (unpaired) electrons. The van der Waals surface area contributed by atoms with Gasteiger partial charge in [-0.05, 0) is 24.3 Å². The highest BCUT2D eigenvalue weighted by Crippen LogP contribution is 2.11. The van der Waals surface area contributed by atoms with Gasteiger partial charge in [0, 0.05) is 52.2 Å². The summed E-state index contributed by atoms with van der Waals surface area (Å²) in [5.74, 6) is 0.934. The molecule has 7 heteroatoms. The Morgan fingerprint density at radius 1 is 1.15 bits per heavy atom. The number of aromatic nitrogens is 2. The van der Waals surface area contributed by atoms with Crippen molar-refractivity contribution in [2.75, 3.05) is 39.8 Å². The van der Waals surface area contributed by atoms with Crippen LogP contribution in [0.3, 0.4) is 0 Å². The van der Waals surface area contributed by atoms with Gasteiger partial charge in [0.1, 0.15) is 11.4 Å². The van der Waals surface area contributed by atoms with Crippen LogP contribution in [0.5, 0.6) is 0 Å². The quantitative estimate of drug-likeness (QED) is 0.664. The first-order chi connectivity index (χ1) is 13.2. The normalized spacial score (nSPS) is 16.0. The van der Waals surface area contributed by atoms with Crippen molar-refractivity contribution in [3.8, 4) is 0 Å². The average molecular weight is 367 g/mol. The monoisotopic (exact) mass is 367 g/mol. The lowest BCUT2D eigenvalue weighted by atomic mass is 10.3. The molecule has 0 bridgehead atoms. The number of imidazole rings is 1. The first kappa shape index (κ1) is 17.8. The van der Waals surface area contributed by atoms with E-state index in [-0.39, 0.29) is 5.91 Å². The Labute approximate surface area is 158 Å². The number of carbonyl (C=O) groups excluding carboxylic acids is 1. The molecule has 1 aliphatic rings. The van der Waals surface area contributed by atoms with E-state index in [1.807, 2.05) is 43.6 Å². The minimum atomic E-state index is 0.125. The summed E-state index contributed by atoms with van der Waals surface area (Å²) >= 11 is 0. The fraction of sp³-hybridized carbons (Fsp3) is 0.400. The van der Waals surface area contributed by atoms with Crippen LogP contribution in [0.4, 0.5) is 0 Å². The van der Waals surface area contributed by atoms with E-state index in [4.69, 9.17) is 4.42 Å². The number of piperazine rings is 1. The van der Waals surface area contributed by atoms with Crippen molar-refractivity contribution in [1.29, 1.82) is 0 Å². The molecule has 1 aliphatic heterocycles. The minimum Gasteiger partial charge on any atom is -0.467 e. The highest BCUT2D eigenvalue weighted by atomic mass is 16.3. The molecule has 1 amide bonds. The zero-order chi connectivity index (χ0) is 18.6. The maximum atomic E-state index is 12.4. The molecule has 0 spiro atoms. The van der Waals surface area contributed by atoms with E-state index in [0.29, 0.717) is 13.1 Å². The van der Waals surface area contributed by atoms with Crippen molar-refractivity contribution in [3.63, 3.8) is 0 Å². The van der Waals surface area contributed by atoms with Crippen LogP contribution >= 0.6 is 0 Å². The Hall–Kier alpha value is -2.64. The fourth-order valence-electron chi connectivity index (χ4n) is 3.43. The third-order valence-corrected chi connectivity index (χ3v) is 5.02. The summed E-state index contributed by atoms with van der Waals surface area (Å²) in [6.45, 7) is 5.51. The van der Waals surface area contributed by atoms with Crippen molar-refractivity contribution >= 4 is 11.6 Å². The zero-order valence-corrected chi connectivity index (χ0v) is 15.6. The van der Waals surface area contributed by atoms with Crippen LogP contribution in [0.2, 0.25) is 0 Å². The van der Waals surface area contributed by atoms with E-state index in [0.717, 1.165) is 49.8 Å². The largest absolute Gasteiger partial charge is 0.467 e. The van der Waals surface area contributed by atoms with Crippen LogP contribution in [0.1, 0.15) is 11.5 Å². The summed E-state index contributed by atoms with van der Waals surface area (Å²) in [7, 11) is 1.82. The number of fused-ring (bicyclic) bond motifs is 1. The molecule has 1 fully saturated rings. The van der Waals surface area contributed by atoms with Gasteiger partial charge in [0.05, 0.1) is 25.0 Å². The minimum absolute atomic E-state index is 0.125. The Morgan fingerprint density at radius 3 is 2.70 bits per heavy atom. The molecule has 0 atom stereocenters. The Morgan fingerprint density at radius 2 is 1.96 bits per heavy atom. The van der Waals surface area contributed by atoms with E-state index < -0.39 is 0 Å². The highest BCUT2D eigenvalue weighted by molar-refractivity contribution is 5.77. The maximum Gasteiger partial charge on any atom is 0.236 e. The predicted octanol–water partition coefficient (Wildman–Crippen LogP) is 1.70. The number of hydrogen-bond acceptors (Lipinski definition) is 5. The van der Waals surface area contributed by atoms with E-state index in [1.54, 1.807) is 11.2 Å². The van der Waals surface area contributed by atoms with Gasteiger partial charge in [0.2, 0.25) is 5.91 Å². The molecule has 4 rings (SSSR count). The summed E-state index contributed by atoms with van der Waals surface area (Å²) in [4.78, 5) is 23.4. The van der Waals surface area contributed by atoms with Crippen LogP contribution < -0.4 is 0 Å². The van der Waals surface area contributed by atoms with Gasteiger partial charge in [0.15, 0.2) is 0 Å². The number of likely N-dealkylation sites (N-methyl/N-ethyl adjacent to an activating group) is 1. The molecule has 7 nitrogen and oxygen atoms in total. The van der Waals surface area contributed by atoms with Crippen molar-refractivity contribution in [3.05, 3.63) is 60.4 Å². The van der Waals surface area contributed by atoms with E-state index >= 15 is 0 Å². The van der Waals surface area contributed by atoms with Gasteiger partial charge in [-0.1, -0.05) is 6.07 Å². The molecule has 0 aliphatic carbocycles. The predicted molar refractivity (Wildman–Crippen MR) is 102 cm³/mol. The van der Waals surface area contributed by atoms with Gasteiger partial charge in [0.25, 0.3) is 0 Å². The second-order valence-corrected chi connectivity index (χ2v) is 7.08. The molecule has 3 aromatic heterocycles. The Kier molecular flexibility index (Phi) is 5.22. The van der Waals surface area contributed by atoms with Crippen molar-refractivity contribution < 1.29 is 9.21 Å². The standard InChI is InChI=1S/C20H25N5O2/c1-22(15-18-5-4-12-27-18)20(26)16-24-10-8-23(9-11-24)13-17-14-25-7-3-2-6-19(25)21-17/h2-7,12,14H,8-11,13,15-16H2,1H3. The number of carbonyl (C=O) groups is 1. The summed E-state index contributed by atoms with van der Waals surface area (Å²) in [5, 5.41) is 0. The lowest BCUT2D eigenvalue weighted by Gasteiger charge is -2.34. The van der Waals surface area contributed by atoms with Gasteiger partial charge in [-0.3, -0.25) is 14.6 Å². The molecule has 27 heavy (non-hydrogen) atoms. The SMILES string of the molecule is CN(Cc1ccco1)C(=O)CN1CCN(Cc2cn3ccccc3n2)CC1. The topological polar surface area (TPSA) is 57.2 Å². The van der Waals surface area contributed by atoms with Gasteiger partial charge in [-0.15, -0.1) is 0 Å². The molecule has 0 aromatic carbocycles. The lowest BCUT2D eigenvalue weighted by molar-refractivity contribution is -0.132. The second kappa shape index (κ2) is 7.94. The lowest BCUT2D eigenvalue weighted by Crippen LogP contribution is -2.49. The molecule has 0 saturated carbocycles. The molecule has 1 saturated heterocycles. The molecular formula is C20H25N5O2. The number of hydrogen-bond donors (Lipinski definition) is 0. The highest BCUT2D eigenvalue weighted by Gasteiger charge is 2.21. The van der Waals surface area contributed by atoms with Crippen molar-refractivity contribution in [2.24, 2.45) is 0 Å². The Bertz CT molecular complexity index is 848. The zero-order valence-electron chi connectivity index (χ0n) is 15.6. The van der Waals surface area contributed by atoms with Crippen LogP contribution in [-0.4, -0.2) is 69.8 Å². The van der Waals surface area contributed by atoms with Crippen LogP contribution in [0.15, 0.2) is 53.4 Å². The van der Waals surface area contributed by atoms with Gasteiger partial charge >= 0.3 is 0 Å². The summed E-state index contributed by atoms with van der Waals surface area (Å²) in [6, 6.07) is 9.77. The third-order valence-electron chi connectivity index (χ3n) is 5.02. The summed E-state index contributed by atoms with van der Waals surface area (Å²) in [5.41, 5.74) is 2.07. The van der Waals surface area contributed by atoms with Crippen molar-refractivity contribution in [1.82, 2.24) is 24.1 Å². The molecule has 0 N–H and O–H groups in total. The molecular weight excluding hydrogens is 342 g/mol. The number of nitrogens with zero attached hydrogens (tertiary/aromatic N) is 5. The van der Waals surface area contributed by atoms with Crippen LogP contribution in [0, 0.1) is 0 Å². The average Bonchev–Trinajstić information content (AvgIpc) is 3.32. The second-order valence-electron chi connectivity index (χ2n) is 7.08. The number of pyridine rings is 1. The number of amides is 1. The molecule has 3 aromatic rings. The van der Waals surface area contributed by atoms with Gasteiger partial charge in [-0.25, -0.2) is 4.98 Å². The first-order valence-electron chi connectivity index (χ1n) is 9.31. The van der Waals surface area contributed by atoms with E-state index in [2.05, 4.69) is 25.4 Å². The molecule has 0 unspecified atom stereocenters. The third kappa shape index (κ3) is 4.37. The van der Waals surface area contributed by atoms with E-state index in [9.17, 15) is 4.79 Å². The maximum absolute atomic E-state index is 12.4. The summed E-state index contributed by atoms with van der Waals surface area (Å²) < 4.78 is 7.37. The first-order valence-corrected chi connectivity index (χ1v) is 9.31. The van der Waals surface area contributed by atoms with Crippen LogP contribution in [-0.2, 0) is 17.9 Å². The van der Waals surface area contributed by atoms with Gasteiger partial charge < -0.3 is 13.7 Å². The molecule has 4 heterocycles. The smallest absolute Gasteiger partial charge is 0.236 e. The fourth-order valence-corrected chi connectivity index (χ4v) is 3.43. The number of furan rings is 1. The number of rotatable bonds is 6. The van der Waals surface area contributed by atoms with Crippen molar-refractivity contribution in [2.45, 2.75) is 13.1 Å². The summed E-state index contributed by atoms with van der Waals surface area (Å²) in [6.07, 6.45) is 5.75. The Balaban J connectivity index is 1.24. The molecule has 142 valence electrons. The van der Waals surface area contributed by atoms with Crippen LogP contribution in [0.25, 0.3) is 5.65 Å². The van der Waals surface area contributed by atoms with E-state index in [1.165, 1.54) is 0 Å². The van der Waals surface area contributed by atoms with Gasteiger partial charge in [-0.2, -0.15) is 0 Å².